The van der Waals surface area contributed by atoms with E-state index in [0.29, 0.717) is 13.2 Å². The Hall–Kier alpha value is -0.810. The molecule has 98 valence electrons. The first-order chi connectivity index (χ1) is 7.98. The minimum absolute atomic E-state index is 0.0540. The van der Waals surface area contributed by atoms with Crippen molar-refractivity contribution in [1.29, 1.82) is 0 Å². The van der Waals surface area contributed by atoms with Gasteiger partial charge in [-0.3, -0.25) is 4.90 Å². The molecule has 0 aromatic rings. The minimum atomic E-state index is -0.210. The molecule has 0 aromatic carbocycles. The van der Waals surface area contributed by atoms with Crippen molar-refractivity contribution in [1.82, 2.24) is 10.2 Å². The molecule has 0 spiro atoms. The number of ether oxygens (including phenoxy) is 2. The summed E-state index contributed by atoms with van der Waals surface area (Å²) in [4.78, 5) is 14.1. The summed E-state index contributed by atoms with van der Waals surface area (Å²) in [6.45, 7) is 9.03. The van der Waals surface area contributed by atoms with Crippen LogP contribution >= 0.6 is 0 Å². The van der Waals surface area contributed by atoms with Gasteiger partial charge in [-0.25, -0.2) is 4.79 Å². The van der Waals surface area contributed by atoms with E-state index in [0.717, 1.165) is 19.5 Å². The Balaban J connectivity index is 2.00. The van der Waals surface area contributed by atoms with Crippen LogP contribution < -0.4 is 5.32 Å². The van der Waals surface area contributed by atoms with E-state index in [4.69, 9.17) is 9.47 Å². The lowest BCUT2D eigenvalue weighted by Gasteiger charge is -2.40. The van der Waals surface area contributed by atoms with Gasteiger partial charge in [-0.2, -0.15) is 0 Å². The van der Waals surface area contributed by atoms with Gasteiger partial charge in [0.2, 0.25) is 0 Å². The molecule has 17 heavy (non-hydrogen) atoms. The lowest BCUT2D eigenvalue weighted by atomic mass is 10.0. The molecule has 0 radical (unpaired) electrons. The third-order valence-corrected chi connectivity index (χ3v) is 3.19. The first-order valence-corrected chi connectivity index (χ1v) is 6.27. The number of hydrogen-bond acceptors (Lipinski definition) is 4. The number of carbonyl (C=O) groups excluding carboxylic acids is 1. The summed E-state index contributed by atoms with van der Waals surface area (Å²) in [7, 11) is 0. The van der Waals surface area contributed by atoms with Crippen molar-refractivity contribution in [2.24, 2.45) is 0 Å². The van der Waals surface area contributed by atoms with Gasteiger partial charge in [-0.05, 0) is 33.7 Å². The summed E-state index contributed by atoms with van der Waals surface area (Å²) in [5.41, 5.74) is -0.210. The molecule has 0 aliphatic carbocycles. The third-order valence-electron chi connectivity index (χ3n) is 3.19. The topological polar surface area (TPSA) is 50.8 Å². The van der Waals surface area contributed by atoms with Crippen LogP contribution in [0.1, 0.15) is 27.2 Å². The van der Waals surface area contributed by atoms with Crippen LogP contribution in [0.4, 0.5) is 4.79 Å². The van der Waals surface area contributed by atoms with Crippen LogP contribution in [0.2, 0.25) is 0 Å². The van der Waals surface area contributed by atoms with Gasteiger partial charge in [0.15, 0.2) is 6.10 Å². The number of carbonyl (C=O) groups is 1. The quantitative estimate of drug-likeness (QED) is 0.784. The summed E-state index contributed by atoms with van der Waals surface area (Å²) < 4.78 is 10.4. The largest absolute Gasteiger partial charge is 0.441 e. The summed E-state index contributed by atoms with van der Waals surface area (Å²) in [6, 6.07) is 0.239. The summed E-state index contributed by atoms with van der Waals surface area (Å²) in [5.74, 6) is 0. The Kier molecular flexibility index (Phi) is 3.58. The number of rotatable bonds is 2. The molecule has 0 aromatic heterocycles. The van der Waals surface area contributed by atoms with Gasteiger partial charge in [-0.15, -0.1) is 0 Å². The van der Waals surface area contributed by atoms with Crippen LogP contribution in [0.25, 0.3) is 0 Å². The number of hydrogen-bond donors (Lipinski definition) is 1. The molecule has 0 saturated carbocycles. The van der Waals surface area contributed by atoms with Gasteiger partial charge in [0.1, 0.15) is 0 Å². The molecule has 5 heteroatoms. The SMILES string of the molecule is CC(C)(C)N(C(=O)OC1COC1)[C@H]1CCNC1. The molecule has 1 amide bonds. The van der Waals surface area contributed by atoms with E-state index >= 15 is 0 Å². The van der Waals surface area contributed by atoms with Crippen LogP contribution in [0.15, 0.2) is 0 Å². The maximum absolute atomic E-state index is 12.2. The number of nitrogens with zero attached hydrogens (tertiary/aromatic N) is 1. The van der Waals surface area contributed by atoms with Crippen molar-refractivity contribution in [2.45, 2.75) is 44.9 Å². The highest BCUT2D eigenvalue weighted by molar-refractivity contribution is 5.69. The smallest absolute Gasteiger partial charge is 0.410 e. The van der Waals surface area contributed by atoms with E-state index in [1.165, 1.54) is 0 Å². The van der Waals surface area contributed by atoms with Gasteiger partial charge >= 0.3 is 6.09 Å². The maximum atomic E-state index is 12.2. The third kappa shape index (κ3) is 2.90. The van der Waals surface area contributed by atoms with Gasteiger partial charge in [-0.1, -0.05) is 0 Å². The lowest BCUT2D eigenvalue weighted by molar-refractivity contribution is -0.110. The van der Waals surface area contributed by atoms with E-state index in [-0.39, 0.29) is 23.8 Å². The van der Waals surface area contributed by atoms with Crippen LogP contribution in [0, 0.1) is 0 Å². The molecule has 1 atom stereocenters. The minimum Gasteiger partial charge on any atom is -0.441 e. The zero-order valence-corrected chi connectivity index (χ0v) is 10.9. The van der Waals surface area contributed by atoms with Crippen molar-refractivity contribution in [3.63, 3.8) is 0 Å². The van der Waals surface area contributed by atoms with Crippen LogP contribution in [-0.4, -0.2) is 55.0 Å². The highest BCUT2D eigenvalue weighted by Gasteiger charge is 2.37. The molecule has 2 saturated heterocycles. The van der Waals surface area contributed by atoms with Crippen LogP contribution in [-0.2, 0) is 9.47 Å². The fourth-order valence-electron chi connectivity index (χ4n) is 2.31. The average Bonchev–Trinajstić information content (AvgIpc) is 2.62. The van der Waals surface area contributed by atoms with Crippen molar-refractivity contribution >= 4 is 6.09 Å². The van der Waals surface area contributed by atoms with Gasteiger partial charge in [0.25, 0.3) is 0 Å². The van der Waals surface area contributed by atoms with Crippen molar-refractivity contribution in [3.05, 3.63) is 0 Å². The summed E-state index contributed by atoms with van der Waals surface area (Å²) in [6.07, 6.45) is 0.731. The Morgan fingerprint density at radius 1 is 1.41 bits per heavy atom. The second-order valence-electron chi connectivity index (χ2n) is 5.73. The fraction of sp³-hybridized carbons (Fsp3) is 0.917. The zero-order valence-electron chi connectivity index (χ0n) is 10.9. The summed E-state index contributed by atoms with van der Waals surface area (Å²) in [5, 5.41) is 3.29. The first-order valence-electron chi connectivity index (χ1n) is 6.27. The van der Waals surface area contributed by atoms with Gasteiger partial charge < -0.3 is 14.8 Å². The molecule has 2 aliphatic heterocycles. The van der Waals surface area contributed by atoms with Crippen molar-refractivity contribution in [3.8, 4) is 0 Å². The molecule has 2 fully saturated rings. The fourth-order valence-corrected chi connectivity index (χ4v) is 2.31. The van der Waals surface area contributed by atoms with Crippen LogP contribution in [0.5, 0.6) is 0 Å². The predicted octanol–water partition coefficient (Wildman–Crippen LogP) is 0.984. The Labute approximate surface area is 102 Å². The molecule has 5 nitrogen and oxygen atoms in total. The lowest BCUT2D eigenvalue weighted by Crippen LogP contribution is -2.54. The van der Waals surface area contributed by atoms with Gasteiger partial charge in [0.05, 0.1) is 13.2 Å². The second kappa shape index (κ2) is 4.82. The Morgan fingerprint density at radius 3 is 2.53 bits per heavy atom. The van der Waals surface area contributed by atoms with E-state index in [1.807, 2.05) is 25.7 Å². The van der Waals surface area contributed by atoms with Crippen molar-refractivity contribution < 1.29 is 14.3 Å². The highest BCUT2D eigenvalue weighted by Crippen LogP contribution is 2.23. The summed E-state index contributed by atoms with van der Waals surface area (Å²) >= 11 is 0. The van der Waals surface area contributed by atoms with Crippen molar-refractivity contribution in [2.75, 3.05) is 26.3 Å². The Bertz CT molecular complexity index is 278. The monoisotopic (exact) mass is 242 g/mol. The van der Waals surface area contributed by atoms with Crippen LogP contribution in [0.3, 0.4) is 0 Å². The number of nitrogens with one attached hydrogen (secondary N) is 1. The molecular formula is C12H22N2O3. The average molecular weight is 242 g/mol. The second-order valence-corrected chi connectivity index (χ2v) is 5.73. The molecule has 2 heterocycles. The first kappa shape index (κ1) is 12.6. The van der Waals surface area contributed by atoms with Gasteiger partial charge in [0, 0.05) is 18.1 Å². The standard InChI is InChI=1S/C12H22N2O3/c1-12(2,3)14(9-4-5-13-6-9)11(15)17-10-7-16-8-10/h9-10,13H,4-8H2,1-3H3/t9-/m0/s1. The zero-order chi connectivity index (χ0) is 12.5. The normalized spacial score (nSPS) is 25.5. The van der Waals surface area contributed by atoms with E-state index in [1.54, 1.807) is 0 Å². The molecule has 0 bridgehead atoms. The van der Waals surface area contributed by atoms with E-state index in [9.17, 15) is 4.79 Å². The molecule has 2 rings (SSSR count). The molecule has 1 N–H and O–H groups in total. The van der Waals surface area contributed by atoms with E-state index in [2.05, 4.69) is 5.32 Å². The maximum Gasteiger partial charge on any atom is 0.410 e. The molecule has 2 aliphatic rings. The Morgan fingerprint density at radius 2 is 2.12 bits per heavy atom. The highest BCUT2D eigenvalue weighted by atomic mass is 16.6. The molecular weight excluding hydrogens is 220 g/mol. The van der Waals surface area contributed by atoms with E-state index < -0.39 is 0 Å². The predicted molar refractivity (Wildman–Crippen MR) is 64.0 cm³/mol. The molecule has 0 unspecified atom stereocenters. The number of amides is 1.